The minimum Gasteiger partial charge on any atom is -0.493 e. The molecule has 2 aromatic carbocycles. The Labute approximate surface area is 142 Å². The normalized spacial score (nSPS) is 10.1. The predicted octanol–water partition coefficient (Wildman–Crippen LogP) is 4.38. The van der Waals surface area contributed by atoms with Gasteiger partial charge in [0.2, 0.25) is 0 Å². The van der Waals surface area contributed by atoms with Crippen LogP contribution in [0, 0.1) is 0 Å². The number of benzene rings is 2. The largest absolute Gasteiger partial charge is 0.493 e. The van der Waals surface area contributed by atoms with E-state index in [-0.39, 0.29) is 0 Å². The van der Waals surface area contributed by atoms with E-state index >= 15 is 0 Å². The second-order valence-electron chi connectivity index (χ2n) is 4.30. The number of halogens is 2. The molecule has 4 nitrogen and oxygen atoms in total. The van der Waals surface area contributed by atoms with Crippen molar-refractivity contribution in [2.45, 2.75) is 0 Å². The Hall–Kier alpha value is -1.72. The minimum absolute atomic E-state index is 0.331. The Morgan fingerprint density at radius 2 is 1.82 bits per heavy atom. The van der Waals surface area contributed by atoms with Gasteiger partial charge in [-0.05, 0) is 52.3 Å². The molecule has 22 heavy (non-hydrogen) atoms. The van der Waals surface area contributed by atoms with Crippen molar-refractivity contribution in [2.75, 3.05) is 20.3 Å². The van der Waals surface area contributed by atoms with Crippen molar-refractivity contribution in [3.05, 3.63) is 51.5 Å². The SMILES string of the molecule is COc1cc(C=O)cc(Br)c1OCCOc1ccc(Cl)cc1. The highest BCUT2D eigenvalue weighted by Gasteiger charge is 2.11. The van der Waals surface area contributed by atoms with Crippen LogP contribution in [-0.2, 0) is 0 Å². The smallest absolute Gasteiger partial charge is 0.175 e. The maximum Gasteiger partial charge on any atom is 0.175 e. The van der Waals surface area contributed by atoms with Crippen LogP contribution in [0.4, 0.5) is 0 Å². The summed E-state index contributed by atoms with van der Waals surface area (Å²) in [4.78, 5) is 10.8. The molecule has 2 rings (SSSR count). The number of hydrogen-bond acceptors (Lipinski definition) is 4. The lowest BCUT2D eigenvalue weighted by Crippen LogP contribution is -2.10. The summed E-state index contributed by atoms with van der Waals surface area (Å²) in [7, 11) is 1.52. The van der Waals surface area contributed by atoms with E-state index in [2.05, 4.69) is 15.9 Å². The van der Waals surface area contributed by atoms with E-state index in [1.165, 1.54) is 7.11 Å². The van der Waals surface area contributed by atoms with Crippen LogP contribution in [0.5, 0.6) is 17.2 Å². The molecule has 0 fully saturated rings. The zero-order chi connectivity index (χ0) is 15.9. The van der Waals surface area contributed by atoms with E-state index in [0.717, 1.165) is 12.0 Å². The predicted molar refractivity (Wildman–Crippen MR) is 88.5 cm³/mol. The third kappa shape index (κ3) is 4.39. The Morgan fingerprint density at radius 3 is 2.45 bits per heavy atom. The molecule has 0 aliphatic rings. The van der Waals surface area contributed by atoms with Gasteiger partial charge in [-0.25, -0.2) is 0 Å². The fourth-order valence-electron chi connectivity index (χ4n) is 1.78. The third-order valence-corrected chi connectivity index (χ3v) is 3.64. The van der Waals surface area contributed by atoms with Gasteiger partial charge in [0.15, 0.2) is 11.5 Å². The molecule has 0 unspecified atom stereocenters. The minimum atomic E-state index is 0.331. The molecule has 0 heterocycles. The molecule has 0 aromatic heterocycles. The molecular formula is C16H14BrClO4. The van der Waals surface area contributed by atoms with Crippen LogP contribution in [0.3, 0.4) is 0 Å². The van der Waals surface area contributed by atoms with Crippen LogP contribution in [0.25, 0.3) is 0 Å². The van der Waals surface area contributed by atoms with Crippen molar-refractivity contribution in [1.82, 2.24) is 0 Å². The fraction of sp³-hybridized carbons (Fsp3) is 0.188. The van der Waals surface area contributed by atoms with Crippen molar-refractivity contribution in [3.63, 3.8) is 0 Å². The maximum absolute atomic E-state index is 10.8. The average molecular weight is 386 g/mol. The molecule has 2 aromatic rings. The van der Waals surface area contributed by atoms with Gasteiger partial charge in [0.1, 0.15) is 25.2 Å². The maximum atomic E-state index is 10.8. The van der Waals surface area contributed by atoms with E-state index < -0.39 is 0 Å². The van der Waals surface area contributed by atoms with Gasteiger partial charge in [-0.2, -0.15) is 0 Å². The lowest BCUT2D eigenvalue weighted by atomic mass is 10.2. The van der Waals surface area contributed by atoms with Gasteiger partial charge in [0.25, 0.3) is 0 Å². The fourth-order valence-corrected chi connectivity index (χ4v) is 2.48. The lowest BCUT2D eigenvalue weighted by Gasteiger charge is -2.13. The topological polar surface area (TPSA) is 44.8 Å². The highest BCUT2D eigenvalue weighted by Crippen LogP contribution is 2.36. The molecule has 0 N–H and O–H groups in total. The molecule has 0 atom stereocenters. The number of rotatable bonds is 7. The number of carbonyl (C=O) groups is 1. The van der Waals surface area contributed by atoms with Crippen molar-refractivity contribution in [1.29, 1.82) is 0 Å². The van der Waals surface area contributed by atoms with E-state index in [1.54, 1.807) is 36.4 Å². The molecule has 0 saturated carbocycles. The van der Waals surface area contributed by atoms with Gasteiger partial charge in [0, 0.05) is 10.6 Å². The van der Waals surface area contributed by atoms with Crippen LogP contribution in [0.2, 0.25) is 5.02 Å². The zero-order valence-electron chi connectivity index (χ0n) is 11.8. The first kappa shape index (κ1) is 16.6. The Bertz CT molecular complexity index is 643. The summed E-state index contributed by atoms with van der Waals surface area (Å²) in [6, 6.07) is 10.4. The molecule has 0 saturated heterocycles. The highest BCUT2D eigenvalue weighted by molar-refractivity contribution is 9.10. The standard InChI is InChI=1S/C16H14BrClO4/c1-20-15-9-11(10-19)8-14(17)16(15)22-7-6-21-13-4-2-12(18)3-5-13/h2-5,8-10H,6-7H2,1H3. The molecule has 0 aliphatic carbocycles. The van der Waals surface area contributed by atoms with Crippen molar-refractivity contribution >= 4 is 33.8 Å². The van der Waals surface area contributed by atoms with Gasteiger partial charge < -0.3 is 14.2 Å². The van der Waals surface area contributed by atoms with E-state index in [1.807, 2.05) is 0 Å². The molecule has 116 valence electrons. The van der Waals surface area contributed by atoms with Crippen molar-refractivity contribution in [2.24, 2.45) is 0 Å². The summed E-state index contributed by atoms with van der Waals surface area (Å²) in [5.74, 6) is 1.74. The lowest BCUT2D eigenvalue weighted by molar-refractivity contribution is 0.112. The van der Waals surface area contributed by atoms with Crippen LogP contribution in [0.1, 0.15) is 10.4 Å². The first-order valence-electron chi connectivity index (χ1n) is 6.48. The quantitative estimate of drug-likeness (QED) is 0.524. The van der Waals surface area contributed by atoms with Gasteiger partial charge in [-0.1, -0.05) is 11.6 Å². The van der Waals surface area contributed by atoms with Gasteiger partial charge in [-0.15, -0.1) is 0 Å². The zero-order valence-corrected chi connectivity index (χ0v) is 14.2. The van der Waals surface area contributed by atoms with Crippen LogP contribution < -0.4 is 14.2 Å². The summed E-state index contributed by atoms with van der Waals surface area (Å²) in [5, 5.41) is 0.660. The number of ether oxygens (including phenoxy) is 3. The molecule has 0 bridgehead atoms. The second-order valence-corrected chi connectivity index (χ2v) is 5.59. The molecule has 0 radical (unpaired) electrons. The Kier molecular flexibility index (Phi) is 6.10. The summed E-state index contributed by atoms with van der Waals surface area (Å²) >= 11 is 9.17. The van der Waals surface area contributed by atoms with Gasteiger partial charge >= 0.3 is 0 Å². The number of methoxy groups -OCH3 is 1. The Balaban J connectivity index is 1.94. The van der Waals surface area contributed by atoms with Gasteiger partial charge in [-0.3, -0.25) is 4.79 Å². The molecule has 0 spiro atoms. The molecular weight excluding hydrogens is 372 g/mol. The van der Waals surface area contributed by atoms with Crippen molar-refractivity contribution in [3.8, 4) is 17.2 Å². The molecule has 0 aliphatic heterocycles. The highest BCUT2D eigenvalue weighted by atomic mass is 79.9. The number of aldehydes is 1. The average Bonchev–Trinajstić information content (AvgIpc) is 2.53. The van der Waals surface area contributed by atoms with E-state index in [0.29, 0.717) is 39.8 Å². The molecule has 6 heteroatoms. The monoisotopic (exact) mass is 384 g/mol. The first-order valence-corrected chi connectivity index (χ1v) is 7.65. The summed E-state index contributed by atoms with van der Waals surface area (Å²) in [5.41, 5.74) is 0.508. The summed E-state index contributed by atoms with van der Waals surface area (Å²) in [6.07, 6.45) is 0.751. The van der Waals surface area contributed by atoms with Crippen LogP contribution in [-0.4, -0.2) is 26.6 Å². The first-order chi connectivity index (χ1) is 10.6. The Morgan fingerprint density at radius 1 is 1.14 bits per heavy atom. The third-order valence-electron chi connectivity index (χ3n) is 2.80. The summed E-state index contributed by atoms with van der Waals surface area (Å²) in [6.45, 7) is 0.699. The number of carbonyl (C=O) groups excluding carboxylic acids is 1. The van der Waals surface area contributed by atoms with Crippen LogP contribution in [0.15, 0.2) is 40.9 Å². The molecule has 0 amide bonds. The number of hydrogen-bond donors (Lipinski definition) is 0. The van der Waals surface area contributed by atoms with Crippen LogP contribution >= 0.6 is 27.5 Å². The van der Waals surface area contributed by atoms with E-state index in [9.17, 15) is 4.79 Å². The van der Waals surface area contributed by atoms with Gasteiger partial charge in [0.05, 0.1) is 11.6 Å². The second kappa shape index (κ2) is 8.06. The van der Waals surface area contributed by atoms with E-state index in [4.69, 9.17) is 25.8 Å². The summed E-state index contributed by atoms with van der Waals surface area (Å²) < 4.78 is 17.1. The van der Waals surface area contributed by atoms with Crippen molar-refractivity contribution < 1.29 is 19.0 Å².